The Morgan fingerprint density at radius 3 is 3.06 bits per heavy atom. The van der Waals surface area contributed by atoms with E-state index >= 15 is 0 Å². The lowest BCUT2D eigenvalue weighted by Crippen LogP contribution is -2.27. The molecule has 2 heterocycles. The van der Waals surface area contributed by atoms with E-state index in [2.05, 4.69) is 21.6 Å². The number of anilines is 1. The van der Waals surface area contributed by atoms with E-state index in [1.165, 1.54) is 6.33 Å². The van der Waals surface area contributed by atoms with E-state index in [9.17, 15) is 0 Å². The summed E-state index contributed by atoms with van der Waals surface area (Å²) in [6.07, 6.45) is 5.02. The summed E-state index contributed by atoms with van der Waals surface area (Å²) in [5.74, 6) is 0.775. The fourth-order valence-corrected chi connectivity index (χ4v) is 1.76. The fourth-order valence-electron chi connectivity index (χ4n) is 1.76. The van der Waals surface area contributed by atoms with E-state index in [4.69, 9.17) is 5.11 Å². The number of aliphatic hydroxyl groups is 1. The van der Waals surface area contributed by atoms with Crippen molar-refractivity contribution < 1.29 is 5.11 Å². The van der Waals surface area contributed by atoms with Crippen LogP contribution in [0.4, 0.5) is 5.82 Å². The second-order valence-electron chi connectivity index (χ2n) is 3.66. The van der Waals surface area contributed by atoms with Crippen LogP contribution in [0.15, 0.2) is 25.2 Å². The predicted octanol–water partition coefficient (Wildman–Crippen LogP) is 0.348. The minimum Gasteiger partial charge on any atom is -0.395 e. The van der Waals surface area contributed by atoms with Gasteiger partial charge in [0.15, 0.2) is 5.65 Å². The van der Waals surface area contributed by atoms with Crippen LogP contribution in [-0.2, 0) is 7.05 Å². The number of rotatable bonds is 5. The molecule has 0 spiro atoms. The van der Waals surface area contributed by atoms with Gasteiger partial charge in [0.05, 0.1) is 18.2 Å². The Hall–Kier alpha value is -1.95. The van der Waals surface area contributed by atoms with Gasteiger partial charge in [0.1, 0.15) is 12.1 Å². The monoisotopic (exact) mass is 233 g/mol. The molecule has 2 aromatic heterocycles. The van der Waals surface area contributed by atoms with Crippen molar-refractivity contribution in [2.24, 2.45) is 7.05 Å². The molecule has 0 aromatic carbocycles. The molecule has 0 fully saturated rings. The number of nitrogens with zero attached hydrogens (tertiary/aromatic N) is 5. The van der Waals surface area contributed by atoms with Gasteiger partial charge in [0.2, 0.25) is 0 Å². The minimum absolute atomic E-state index is 0.0690. The molecule has 0 bridgehead atoms. The van der Waals surface area contributed by atoms with Gasteiger partial charge >= 0.3 is 0 Å². The van der Waals surface area contributed by atoms with Crippen LogP contribution < -0.4 is 4.90 Å². The second-order valence-corrected chi connectivity index (χ2v) is 3.66. The number of hydrogen-bond acceptors (Lipinski definition) is 5. The van der Waals surface area contributed by atoms with Gasteiger partial charge in [-0.1, -0.05) is 6.08 Å². The van der Waals surface area contributed by atoms with Gasteiger partial charge in [-0.3, -0.25) is 4.68 Å². The average Bonchev–Trinajstić information content (AvgIpc) is 2.71. The van der Waals surface area contributed by atoms with Crippen LogP contribution in [-0.4, -0.2) is 44.6 Å². The van der Waals surface area contributed by atoms with Crippen molar-refractivity contribution >= 4 is 16.9 Å². The van der Waals surface area contributed by atoms with Crippen LogP contribution in [0, 0.1) is 0 Å². The highest BCUT2D eigenvalue weighted by Crippen LogP contribution is 2.21. The molecule has 0 atom stereocenters. The molecule has 6 nitrogen and oxygen atoms in total. The Bertz CT molecular complexity index is 522. The Morgan fingerprint density at radius 1 is 1.53 bits per heavy atom. The van der Waals surface area contributed by atoms with Crippen LogP contribution in [0.3, 0.4) is 0 Å². The van der Waals surface area contributed by atoms with E-state index in [1.54, 1.807) is 17.0 Å². The maximum absolute atomic E-state index is 9.06. The largest absolute Gasteiger partial charge is 0.395 e. The zero-order chi connectivity index (χ0) is 12.3. The molecule has 1 N–H and O–H groups in total. The molecule has 90 valence electrons. The lowest BCUT2D eigenvalue weighted by molar-refractivity contribution is 0.303. The maximum Gasteiger partial charge on any atom is 0.163 e. The van der Waals surface area contributed by atoms with Gasteiger partial charge in [-0.05, 0) is 0 Å². The molecule has 17 heavy (non-hydrogen) atoms. The maximum atomic E-state index is 9.06. The Morgan fingerprint density at radius 2 is 2.35 bits per heavy atom. The Kier molecular flexibility index (Phi) is 3.34. The fraction of sp³-hybridized carbons (Fsp3) is 0.364. The summed E-state index contributed by atoms with van der Waals surface area (Å²) in [4.78, 5) is 10.4. The Balaban J connectivity index is 2.48. The summed E-state index contributed by atoms with van der Waals surface area (Å²) in [6.45, 7) is 4.91. The zero-order valence-corrected chi connectivity index (χ0v) is 9.74. The number of aliphatic hydroxyl groups excluding tert-OH is 1. The van der Waals surface area contributed by atoms with Crippen molar-refractivity contribution in [3.8, 4) is 0 Å². The first-order valence-electron chi connectivity index (χ1n) is 5.37. The lowest BCUT2D eigenvalue weighted by atomic mass is 10.3. The normalized spacial score (nSPS) is 10.7. The summed E-state index contributed by atoms with van der Waals surface area (Å²) in [7, 11) is 1.84. The van der Waals surface area contributed by atoms with Crippen LogP contribution >= 0.6 is 0 Å². The molecular formula is C11H15N5O. The smallest absolute Gasteiger partial charge is 0.163 e. The first-order valence-corrected chi connectivity index (χ1v) is 5.37. The molecule has 2 aromatic rings. The number of aryl methyl sites for hydroxylation is 1. The zero-order valence-electron chi connectivity index (χ0n) is 9.74. The number of aromatic nitrogens is 4. The lowest BCUT2D eigenvalue weighted by Gasteiger charge is -2.21. The quantitative estimate of drug-likeness (QED) is 0.755. The average molecular weight is 233 g/mol. The minimum atomic E-state index is 0.0690. The first-order chi connectivity index (χ1) is 8.27. The van der Waals surface area contributed by atoms with Crippen molar-refractivity contribution in [1.29, 1.82) is 0 Å². The summed E-state index contributed by atoms with van der Waals surface area (Å²) in [5, 5.41) is 14.1. The van der Waals surface area contributed by atoms with E-state index < -0.39 is 0 Å². The van der Waals surface area contributed by atoms with E-state index in [-0.39, 0.29) is 6.61 Å². The van der Waals surface area contributed by atoms with Gasteiger partial charge in [0, 0.05) is 20.1 Å². The van der Waals surface area contributed by atoms with Crippen LogP contribution in [0.5, 0.6) is 0 Å². The third-order valence-corrected chi connectivity index (χ3v) is 2.53. The highest BCUT2D eigenvalue weighted by atomic mass is 16.3. The van der Waals surface area contributed by atoms with Gasteiger partial charge in [-0.25, -0.2) is 9.97 Å². The van der Waals surface area contributed by atoms with Crippen molar-refractivity contribution in [2.75, 3.05) is 24.6 Å². The first kappa shape index (κ1) is 11.5. The van der Waals surface area contributed by atoms with Gasteiger partial charge < -0.3 is 10.0 Å². The third-order valence-electron chi connectivity index (χ3n) is 2.53. The van der Waals surface area contributed by atoms with E-state index in [0.717, 1.165) is 16.9 Å². The summed E-state index contributed by atoms with van der Waals surface area (Å²) in [6, 6.07) is 0. The number of fused-ring (bicyclic) bond motifs is 1. The molecule has 0 amide bonds. The second kappa shape index (κ2) is 4.92. The van der Waals surface area contributed by atoms with E-state index in [0.29, 0.717) is 13.1 Å². The summed E-state index contributed by atoms with van der Waals surface area (Å²) < 4.78 is 1.70. The molecular weight excluding hydrogens is 218 g/mol. The Labute approximate surface area is 99.2 Å². The standard InChI is InChI=1S/C11H15N5O/c1-3-4-16(5-6-17)11-9-7-14-15(2)10(9)12-8-13-11/h3,7-8,17H,1,4-6H2,2H3. The molecule has 0 saturated heterocycles. The van der Waals surface area contributed by atoms with Gasteiger partial charge in [-0.15, -0.1) is 6.58 Å². The molecule has 0 saturated carbocycles. The summed E-state index contributed by atoms with van der Waals surface area (Å²) >= 11 is 0. The molecule has 0 aliphatic carbocycles. The van der Waals surface area contributed by atoms with E-state index in [1.807, 2.05) is 11.9 Å². The van der Waals surface area contributed by atoms with Crippen molar-refractivity contribution in [1.82, 2.24) is 19.7 Å². The summed E-state index contributed by atoms with van der Waals surface area (Å²) in [5.41, 5.74) is 0.780. The van der Waals surface area contributed by atoms with Gasteiger partial charge in [0.25, 0.3) is 0 Å². The number of hydrogen-bond donors (Lipinski definition) is 1. The topological polar surface area (TPSA) is 67.1 Å². The molecule has 2 rings (SSSR count). The molecule has 0 unspecified atom stereocenters. The SMILES string of the molecule is C=CCN(CCO)c1ncnc2c1cnn2C. The molecule has 0 aliphatic rings. The highest BCUT2D eigenvalue weighted by Gasteiger charge is 2.13. The van der Waals surface area contributed by atoms with Gasteiger partial charge in [-0.2, -0.15) is 5.10 Å². The van der Waals surface area contributed by atoms with Crippen molar-refractivity contribution in [2.45, 2.75) is 0 Å². The van der Waals surface area contributed by atoms with Crippen LogP contribution in [0.2, 0.25) is 0 Å². The van der Waals surface area contributed by atoms with Crippen LogP contribution in [0.1, 0.15) is 0 Å². The van der Waals surface area contributed by atoms with Crippen molar-refractivity contribution in [3.05, 3.63) is 25.2 Å². The third kappa shape index (κ3) is 2.12. The molecule has 0 radical (unpaired) electrons. The predicted molar refractivity (Wildman–Crippen MR) is 65.8 cm³/mol. The molecule has 6 heteroatoms. The molecule has 0 aliphatic heterocycles. The van der Waals surface area contributed by atoms with Crippen LogP contribution in [0.25, 0.3) is 11.0 Å². The highest BCUT2D eigenvalue weighted by molar-refractivity contribution is 5.86. The van der Waals surface area contributed by atoms with Crippen molar-refractivity contribution in [3.63, 3.8) is 0 Å².